The molecular formula is C59H41N5O2. The van der Waals surface area contributed by atoms with Gasteiger partial charge in [-0.05, 0) is 91.5 Å². The summed E-state index contributed by atoms with van der Waals surface area (Å²) < 4.78 is 17.7. The lowest BCUT2D eigenvalue weighted by Gasteiger charge is -2.10. The maximum Gasteiger partial charge on any atom is 0.161 e. The summed E-state index contributed by atoms with van der Waals surface area (Å²) in [4.78, 5) is 15.0. The highest BCUT2D eigenvalue weighted by atomic mass is 16.3. The summed E-state index contributed by atoms with van der Waals surface area (Å²) >= 11 is 0. The molecule has 0 saturated heterocycles. The van der Waals surface area contributed by atoms with E-state index in [4.69, 9.17) is 18.8 Å². The van der Waals surface area contributed by atoms with Crippen molar-refractivity contribution in [3.05, 3.63) is 211 Å². The number of para-hydroxylation sites is 3. The van der Waals surface area contributed by atoms with E-state index in [9.17, 15) is 0 Å². The molecule has 4 heterocycles. The zero-order chi connectivity index (χ0) is 44.3. The Morgan fingerprint density at radius 2 is 1.21 bits per heavy atom. The molecule has 4 aromatic heterocycles. The smallest absolute Gasteiger partial charge is 0.161 e. The van der Waals surface area contributed by atoms with Gasteiger partial charge >= 0.3 is 0 Å². The Kier molecular flexibility index (Phi) is 9.28. The maximum absolute atomic E-state index is 6.56. The third-order valence-electron chi connectivity index (χ3n) is 12.7. The van der Waals surface area contributed by atoms with Gasteiger partial charge in [0, 0.05) is 60.1 Å². The van der Waals surface area contributed by atoms with Crippen molar-refractivity contribution in [1.82, 2.24) is 9.13 Å². The fraction of sp³-hybridized carbons (Fsp3) is 0.0339. The van der Waals surface area contributed by atoms with Crippen LogP contribution in [0.25, 0.3) is 106 Å². The van der Waals surface area contributed by atoms with Crippen LogP contribution in [0.15, 0.2) is 212 Å². The maximum atomic E-state index is 6.56. The van der Waals surface area contributed by atoms with Crippen molar-refractivity contribution in [3.63, 3.8) is 0 Å². The number of hydrogen-bond acceptors (Lipinski definition) is 3. The Morgan fingerprint density at radius 1 is 0.576 bits per heavy atom. The Bertz CT molecular complexity index is 3970. The van der Waals surface area contributed by atoms with Crippen LogP contribution >= 0.6 is 0 Å². The fourth-order valence-electron chi connectivity index (χ4n) is 9.83. The zero-order valence-electron chi connectivity index (χ0n) is 36.1. The summed E-state index contributed by atoms with van der Waals surface area (Å²) in [5, 5.41) is 7.43. The van der Waals surface area contributed by atoms with Crippen molar-refractivity contribution < 1.29 is 8.83 Å². The van der Waals surface area contributed by atoms with E-state index in [1.54, 1.807) is 0 Å². The van der Waals surface area contributed by atoms with Crippen LogP contribution in [-0.2, 0) is 6.67 Å². The van der Waals surface area contributed by atoms with Crippen molar-refractivity contribution in [3.8, 4) is 16.8 Å². The number of benzene rings is 8. The highest BCUT2D eigenvalue weighted by molar-refractivity contribution is 6.23. The van der Waals surface area contributed by atoms with Gasteiger partial charge in [-0.3, -0.25) is 0 Å². The molecule has 12 aromatic rings. The standard InChI is InChI=1S/C59H41N5O2/c1-4-17-50-40(5-2)42-20-11-14-27-51(42)64(50)39-31-33-53-47(35-39)56-41(23-15-28-54(56)66-53)38-30-32-52-46(34-38)57-45(24-16-29-55(57)65-52)59(60-3)62-58(37-18-7-6-8-19-37)61-36-63-48-25-12-9-21-43(48)44-22-10-13-26-49(44)63/h4-35H,2-3,36H2,1H3/b17-4-,61-58-,62-59?. The molecule has 12 rings (SSSR count). The minimum atomic E-state index is 0.360. The number of fused-ring (bicyclic) bond motifs is 10. The van der Waals surface area contributed by atoms with Crippen LogP contribution in [0.4, 0.5) is 0 Å². The molecule has 314 valence electrons. The van der Waals surface area contributed by atoms with Gasteiger partial charge in [0.05, 0.1) is 22.2 Å². The molecular weight excluding hydrogens is 811 g/mol. The average molecular weight is 852 g/mol. The SMILES string of the molecule is C=Cc1c(/C=C\C)n(-c2ccc3oc4cccc(-c5ccc6oc7cccc(C(N=C)=N/C(=N\Cn8c9ccccc9c9ccccc98)c8ccccc8)c7c6c5)c4c3c2)c2ccccc12. The van der Waals surface area contributed by atoms with Gasteiger partial charge in [0.15, 0.2) is 11.7 Å². The lowest BCUT2D eigenvalue weighted by Crippen LogP contribution is -2.07. The lowest BCUT2D eigenvalue weighted by molar-refractivity contribution is 0.668. The first kappa shape index (κ1) is 38.8. The summed E-state index contributed by atoms with van der Waals surface area (Å²) in [6.07, 6.45) is 6.18. The van der Waals surface area contributed by atoms with Crippen LogP contribution in [0.2, 0.25) is 0 Å². The minimum Gasteiger partial charge on any atom is -0.456 e. The van der Waals surface area contributed by atoms with E-state index in [1.165, 1.54) is 10.8 Å². The van der Waals surface area contributed by atoms with E-state index in [0.29, 0.717) is 18.3 Å². The van der Waals surface area contributed by atoms with Gasteiger partial charge < -0.3 is 18.0 Å². The number of aliphatic imine (C=N–C) groups is 3. The molecule has 7 heteroatoms. The van der Waals surface area contributed by atoms with Crippen molar-refractivity contribution in [1.29, 1.82) is 0 Å². The molecule has 8 aromatic carbocycles. The summed E-state index contributed by atoms with van der Waals surface area (Å²) in [7, 11) is 0. The van der Waals surface area contributed by atoms with E-state index in [-0.39, 0.29) is 0 Å². The second-order valence-corrected chi connectivity index (χ2v) is 16.4. The predicted octanol–water partition coefficient (Wildman–Crippen LogP) is 15.4. The molecule has 0 aliphatic carbocycles. The summed E-state index contributed by atoms with van der Waals surface area (Å²) in [5.41, 5.74) is 13.4. The highest BCUT2D eigenvalue weighted by Crippen LogP contribution is 2.42. The summed E-state index contributed by atoms with van der Waals surface area (Å²) in [6, 6.07) is 60.5. The molecule has 0 bridgehead atoms. The molecule has 0 aliphatic heterocycles. The molecule has 0 N–H and O–H groups in total. The largest absolute Gasteiger partial charge is 0.456 e. The normalized spacial score (nSPS) is 12.6. The van der Waals surface area contributed by atoms with Crippen LogP contribution in [-0.4, -0.2) is 27.5 Å². The Morgan fingerprint density at radius 3 is 1.92 bits per heavy atom. The van der Waals surface area contributed by atoms with Gasteiger partial charge in [0.1, 0.15) is 29.0 Å². The summed E-state index contributed by atoms with van der Waals surface area (Å²) in [5.74, 6) is 0.998. The first-order valence-corrected chi connectivity index (χ1v) is 22.0. The first-order valence-electron chi connectivity index (χ1n) is 22.0. The summed E-state index contributed by atoms with van der Waals surface area (Å²) in [6.45, 7) is 10.6. The molecule has 0 spiro atoms. The van der Waals surface area contributed by atoms with Crippen molar-refractivity contribution in [2.45, 2.75) is 13.6 Å². The second kappa shape index (κ2) is 15.8. The van der Waals surface area contributed by atoms with Crippen LogP contribution < -0.4 is 0 Å². The molecule has 0 amide bonds. The quantitative estimate of drug-likeness (QED) is 0.113. The minimum absolute atomic E-state index is 0.360. The Balaban J connectivity index is 1.00. The van der Waals surface area contributed by atoms with Crippen LogP contribution in [0.3, 0.4) is 0 Å². The van der Waals surface area contributed by atoms with E-state index in [0.717, 1.165) is 105 Å². The molecule has 66 heavy (non-hydrogen) atoms. The lowest BCUT2D eigenvalue weighted by atomic mass is 9.97. The van der Waals surface area contributed by atoms with Crippen LogP contribution in [0, 0.1) is 0 Å². The second-order valence-electron chi connectivity index (χ2n) is 16.4. The molecule has 0 unspecified atom stereocenters. The number of amidine groups is 2. The van der Waals surface area contributed by atoms with Gasteiger partial charge in [-0.15, -0.1) is 0 Å². The van der Waals surface area contributed by atoms with Crippen LogP contribution in [0.5, 0.6) is 0 Å². The van der Waals surface area contributed by atoms with E-state index >= 15 is 0 Å². The third-order valence-corrected chi connectivity index (χ3v) is 12.7. The van der Waals surface area contributed by atoms with Gasteiger partial charge in [0.2, 0.25) is 0 Å². The van der Waals surface area contributed by atoms with Crippen molar-refractivity contribution in [2.24, 2.45) is 15.0 Å². The van der Waals surface area contributed by atoms with Gasteiger partial charge in [-0.1, -0.05) is 134 Å². The zero-order valence-corrected chi connectivity index (χ0v) is 36.1. The number of rotatable bonds is 8. The van der Waals surface area contributed by atoms with Crippen LogP contribution in [0.1, 0.15) is 29.3 Å². The number of allylic oxidation sites excluding steroid dienone is 1. The fourth-order valence-corrected chi connectivity index (χ4v) is 9.83. The first-order chi connectivity index (χ1) is 32.6. The topological polar surface area (TPSA) is 73.2 Å². The van der Waals surface area contributed by atoms with Gasteiger partial charge in [-0.25, -0.2) is 15.0 Å². The predicted molar refractivity (Wildman–Crippen MR) is 277 cm³/mol. The van der Waals surface area contributed by atoms with Gasteiger partial charge in [-0.2, -0.15) is 0 Å². The van der Waals surface area contributed by atoms with Gasteiger partial charge in [0.25, 0.3) is 0 Å². The third kappa shape index (κ3) is 6.16. The van der Waals surface area contributed by atoms with E-state index in [2.05, 4.69) is 155 Å². The number of furan rings is 2. The molecule has 0 atom stereocenters. The number of aromatic nitrogens is 2. The monoisotopic (exact) mass is 851 g/mol. The van der Waals surface area contributed by atoms with Crippen molar-refractivity contribution in [2.75, 3.05) is 0 Å². The molecule has 7 nitrogen and oxygen atoms in total. The number of nitrogens with zero attached hydrogens (tertiary/aromatic N) is 5. The Labute approximate surface area is 379 Å². The molecule has 0 radical (unpaired) electrons. The molecule has 0 saturated carbocycles. The van der Waals surface area contributed by atoms with Crippen molar-refractivity contribution >= 4 is 107 Å². The molecule has 0 aliphatic rings. The highest BCUT2D eigenvalue weighted by Gasteiger charge is 2.21. The average Bonchev–Trinajstić information content (AvgIpc) is 4.11. The number of hydrogen-bond donors (Lipinski definition) is 0. The van der Waals surface area contributed by atoms with E-state index < -0.39 is 0 Å². The Hall–Kier alpha value is -8.81. The van der Waals surface area contributed by atoms with E-state index in [1.807, 2.05) is 73.7 Å². The molecule has 0 fully saturated rings.